The third-order valence-corrected chi connectivity index (χ3v) is 16.8. The molecule has 0 radical (unpaired) electrons. The van der Waals surface area contributed by atoms with Crippen molar-refractivity contribution in [3.05, 3.63) is 103 Å². The lowest BCUT2D eigenvalue weighted by Gasteiger charge is -2.40. The lowest BCUT2D eigenvalue weighted by atomic mass is 9.84. The van der Waals surface area contributed by atoms with Gasteiger partial charge in [0.15, 0.2) is 0 Å². The Morgan fingerprint density at radius 3 is 1.62 bits per heavy atom. The van der Waals surface area contributed by atoms with Crippen LogP contribution in [0.15, 0.2) is 47.6 Å². The van der Waals surface area contributed by atoms with Crippen molar-refractivity contribution in [1.29, 1.82) is 0 Å². The minimum absolute atomic E-state index is 0.0756. The average molecular weight is 1040 g/mol. The molecule has 3 heterocycles. The highest BCUT2D eigenvalue weighted by atomic mass is 16.2. The Labute approximate surface area is 460 Å². The van der Waals surface area contributed by atoms with Gasteiger partial charge in [0.1, 0.15) is 0 Å². The number of anilines is 1. The topological polar surface area (TPSA) is 124 Å². The van der Waals surface area contributed by atoms with Crippen molar-refractivity contribution in [2.45, 2.75) is 193 Å². The zero-order valence-corrected chi connectivity index (χ0v) is 49.6. The zero-order valence-electron chi connectivity index (χ0n) is 49.6. The van der Waals surface area contributed by atoms with Crippen LogP contribution in [0.4, 0.5) is 5.69 Å². The number of hydrazine groups is 1. The fourth-order valence-corrected chi connectivity index (χ4v) is 11.7. The Balaban J connectivity index is 1.40. The Morgan fingerprint density at radius 2 is 1.09 bits per heavy atom. The van der Waals surface area contributed by atoms with Crippen LogP contribution in [0.25, 0.3) is 27.4 Å². The normalized spacial score (nSPS) is 16.6. The van der Waals surface area contributed by atoms with Crippen LogP contribution in [0.2, 0.25) is 0 Å². The quantitative estimate of drug-likeness (QED) is 0.0654. The predicted octanol–water partition coefficient (Wildman–Crippen LogP) is 13.0. The zero-order chi connectivity index (χ0) is 56.9. The Kier molecular flexibility index (Phi) is 19.3. The molecule has 2 N–H and O–H groups in total. The Hall–Kier alpha value is -6.85. The van der Waals surface area contributed by atoms with Crippen molar-refractivity contribution in [3.8, 4) is 23.7 Å². The van der Waals surface area contributed by atoms with Gasteiger partial charge in [-0.3, -0.25) is 33.9 Å². The molecule has 77 heavy (non-hydrogen) atoms. The van der Waals surface area contributed by atoms with E-state index in [4.69, 9.17) is 0 Å². The van der Waals surface area contributed by atoms with E-state index in [-0.39, 0.29) is 59.6 Å². The smallest absolute Gasteiger partial charge is 0.272 e. The van der Waals surface area contributed by atoms with E-state index in [2.05, 4.69) is 94.3 Å². The number of carbonyl (C=O) groups excluding carboxylic acids is 5. The molecule has 0 bridgehead atoms. The van der Waals surface area contributed by atoms with E-state index in [9.17, 15) is 24.0 Å². The molecule has 0 spiro atoms. The van der Waals surface area contributed by atoms with Crippen LogP contribution in [-0.4, -0.2) is 75.2 Å². The van der Waals surface area contributed by atoms with E-state index in [0.29, 0.717) is 52.7 Å². The molecule has 0 saturated heterocycles. The molecule has 2 unspecified atom stereocenters. The lowest BCUT2D eigenvalue weighted by Crippen LogP contribution is -2.51. The first-order valence-corrected chi connectivity index (χ1v) is 28.5. The SMILES string of the molecule is CCC(CC)NC(=O)c1cc2c(c(C)c1C)C/C(C)=C/C(=C\C(C)C#CC#CC(C)/C=C1/C(=O)N(C(CC)CC)C(=O)c3cc4c(c(C)c31)c1c(C)c(C)c(C(=O)NC(CC)CC)cc1n4C)C(=O)N(C(CC)CC)N2C. The summed E-state index contributed by atoms with van der Waals surface area (Å²) in [6.07, 6.45) is 12.4. The van der Waals surface area contributed by atoms with Gasteiger partial charge in [0, 0.05) is 93.7 Å². The highest BCUT2D eigenvalue weighted by molar-refractivity contribution is 6.33. The van der Waals surface area contributed by atoms with Gasteiger partial charge < -0.3 is 15.2 Å². The molecule has 2 atom stereocenters. The maximum absolute atomic E-state index is 15.0. The lowest BCUT2D eigenvalue weighted by molar-refractivity contribution is -0.129. The standard InChI is InChI=1S/C66H86N6O5/c1-19-47(20-2)67-62(73)52-35-56-51(41(12)42(52)13)34-40(11)32-46(64(75)72(70(56)18)50(25-7)26-8)31-38(9)29-27-28-30-39(10)33-54-59-45(16)61-58(37-55(59)66(77)71(65(54)76)49(23-5)24-6)69(17)57-36-53(43(14)44(15)60(57)61)63(74)68-48(21-3)22-4/h31-33,35-39,47-50H,19-26,34H2,1-18H3,(H,67,73)(H,68,74)/b40-32+,46-31+,54-33+. The second kappa shape index (κ2) is 25.1. The number of benzene rings is 3. The molecule has 2 aliphatic heterocycles. The van der Waals surface area contributed by atoms with Crippen molar-refractivity contribution in [2.75, 3.05) is 12.1 Å². The molecule has 6 rings (SSSR count). The summed E-state index contributed by atoms with van der Waals surface area (Å²) in [5, 5.41) is 12.2. The van der Waals surface area contributed by atoms with Crippen LogP contribution in [0, 0.1) is 70.1 Å². The number of aromatic nitrogens is 1. The minimum atomic E-state index is -0.421. The maximum Gasteiger partial charge on any atom is 0.272 e. The first kappa shape index (κ1) is 59.4. The number of hydrogen-bond donors (Lipinski definition) is 2. The van der Waals surface area contributed by atoms with Crippen LogP contribution in [0.5, 0.6) is 0 Å². The summed E-state index contributed by atoms with van der Waals surface area (Å²) >= 11 is 0. The molecule has 3 aromatic carbocycles. The molecule has 5 amide bonds. The molecule has 0 saturated carbocycles. The van der Waals surface area contributed by atoms with E-state index in [0.717, 1.165) is 105 Å². The van der Waals surface area contributed by atoms with Gasteiger partial charge in [0.05, 0.1) is 17.3 Å². The number of nitrogens with one attached hydrogen (secondary N) is 2. The molecular formula is C66H86N6O5. The van der Waals surface area contributed by atoms with Crippen LogP contribution in [0.1, 0.15) is 198 Å². The van der Waals surface area contributed by atoms with Gasteiger partial charge in [-0.2, -0.15) is 0 Å². The van der Waals surface area contributed by atoms with Crippen molar-refractivity contribution >= 4 is 62.6 Å². The number of hydrogen-bond acceptors (Lipinski definition) is 6. The van der Waals surface area contributed by atoms with Gasteiger partial charge in [-0.15, -0.1) is 0 Å². The fraction of sp³-hybridized carbons (Fsp3) is 0.500. The summed E-state index contributed by atoms with van der Waals surface area (Å²) in [4.78, 5) is 73.4. The average Bonchev–Trinajstić information content (AvgIpc) is 3.84. The number of imide groups is 1. The number of rotatable bonds is 16. The van der Waals surface area contributed by atoms with E-state index < -0.39 is 5.92 Å². The van der Waals surface area contributed by atoms with Gasteiger partial charge in [-0.25, -0.2) is 5.01 Å². The van der Waals surface area contributed by atoms with E-state index in [1.165, 1.54) is 4.90 Å². The van der Waals surface area contributed by atoms with Crippen LogP contribution >= 0.6 is 0 Å². The van der Waals surface area contributed by atoms with Crippen LogP contribution < -0.4 is 15.6 Å². The first-order chi connectivity index (χ1) is 36.6. The monoisotopic (exact) mass is 1040 g/mol. The molecule has 11 nitrogen and oxygen atoms in total. The predicted molar refractivity (Wildman–Crippen MR) is 317 cm³/mol. The molecular weight excluding hydrogens is 957 g/mol. The molecule has 11 heteroatoms. The summed E-state index contributed by atoms with van der Waals surface area (Å²) in [6, 6.07) is 5.62. The van der Waals surface area contributed by atoms with Crippen molar-refractivity contribution in [1.82, 2.24) is 25.1 Å². The number of aryl methyl sites for hydroxylation is 3. The van der Waals surface area contributed by atoms with E-state index in [1.54, 1.807) is 0 Å². The number of amides is 5. The van der Waals surface area contributed by atoms with E-state index in [1.807, 2.05) is 116 Å². The third-order valence-electron chi connectivity index (χ3n) is 16.8. The third kappa shape index (κ3) is 11.6. The van der Waals surface area contributed by atoms with Gasteiger partial charge >= 0.3 is 0 Å². The number of allylic oxidation sites excluding steroid dienone is 3. The number of nitrogens with zero attached hydrogens (tertiary/aromatic N) is 4. The summed E-state index contributed by atoms with van der Waals surface area (Å²) < 4.78 is 2.07. The highest BCUT2D eigenvalue weighted by Crippen LogP contribution is 2.43. The second-order valence-electron chi connectivity index (χ2n) is 21.7. The number of carbonyl (C=O) groups is 5. The fourth-order valence-electron chi connectivity index (χ4n) is 11.7. The first-order valence-electron chi connectivity index (χ1n) is 28.5. The largest absolute Gasteiger partial charge is 0.349 e. The van der Waals surface area contributed by atoms with Crippen LogP contribution in [-0.2, 0) is 23.1 Å². The van der Waals surface area contributed by atoms with Gasteiger partial charge in [-0.1, -0.05) is 91.0 Å². The molecule has 1 aromatic heterocycles. The summed E-state index contributed by atoms with van der Waals surface area (Å²) in [6.45, 7) is 32.6. The van der Waals surface area contributed by atoms with E-state index >= 15 is 0 Å². The van der Waals surface area contributed by atoms with Gasteiger partial charge in [0.2, 0.25) is 0 Å². The van der Waals surface area contributed by atoms with Crippen molar-refractivity contribution in [3.63, 3.8) is 0 Å². The summed E-state index contributed by atoms with van der Waals surface area (Å²) in [5.74, 6) is 10.9. The Morgan fingerprint density at radius 1 is 0.597 bits per heavy atom. The highest BCUT2D eigenvalue weighted by Gasteiger charge is 2.40. The molecule has 2 aliphatic rings. The van der Waals surface area contributed by atoms with Crippen LogP contribution in [0.3, 0.4) is 0 Å². The number of fused-ring (bicyclic) bond motifs is 5. The van der Waals surface area contributed by atoms with Crippen molar-refractivity contribution < 1.29 is 24.0 Å². The van der Waals surface area contributed by atoms with Gasteiger partial charge in [-0.05, 0) is 177 Å². The molecule has 4 aromatic rings. The maximum atomic E-state index is 15.0. The van der Waals surface area contributed by atoms with Crippen molar-refractivity contribution in [2.24, 2.45) is 18.9 Å². The summed E-state index contributed by atoms with van der Waals surface area (Å²) in [7, 11) is 3.91. The molecule has 410 valence electrons. The second-order valence-corrected chi connectivity index (χ2v) is 21.7. The summed E-state index contributed by atoms with van der Waals surface area (Å²) in [5.41, 5.74) is 12.7. The van der Waals surface area contributed by atoms with Gasteiger partial charge in [0.25, 0.3) is 29.5 Å². The molecule has 0 aliphatic carbocycles. The Bertz CT molecular complexity index is 3220. The molecule has 0 fully saturated rings. The minimum Gasteiger partial charge on any atom is -0.349 e.